The minimum absolute atomic E-state index is 0.428. The van der Waals surface area contributed by atoms with Crippen LogP contribution in [0.15, 0.2) is 0 Å². The van der Waals surface area contributed by atoms with Crippen molar-refractivity contribution in [1.82, 2.24) is 0 Å². The van der Waals surface area contributed by atoms with Gasteiger partial charge < -0.3 is 5.73 Å². The van der Waals surface area contributed by atoms with Crippen LogP contribution in [0.5, 0.6) is 0 Å². The topological polar surface area (TPSA) is 26.0 Å². The maximum Gasteiger partial charge on any atom is 0.0224 e. The molecule has 0 aromatic rings. The highest BCUT2D eigenvalue weighted by Crippen LogP contribution is 2.36. The summed E-state index contributed by atoms with van der Waals surface area (Å²) < 4.78 is 0. The average molecular weight is 215 g/mol. The summed E-state index contributed by atoms with van der Waals surface area (Å²) in [4.78, 5) is 0. The maximum atomic E-state index is 6.23. The smallest absolute Gasteiger partial charge is 0.0224 e. The summed E-state index contributed by atoms with van der Waals surface area (Å²) in [6.07, 6.45) is 2.59. The molecule has 2 N–H and O–H groups in total. The van der Waals surface area contributed by atoms with Gasteiger partial charge in [0.15, 0.2) is 0 Å². The van der Waals surface area contributed by atoms with Crippen LogP contribution in [-0.2, 0) is 0 Å². The number of nitrogens with two attached hydrogens (primary N) is 1. The standard InChI is InChI=1S/C12H25NS/c1-8(2)7-14-12-10(4)5-9(3)6-11(12)13/h8-12H,5-7,13H2,1-4H3. The second-order valence-electron chi connectivity index (χ2n) is 5.41. The van der Waals surface area contributed by atoms with Crippen molar-refractivity contribution in [3.63, 3.8) is 0 Å². The molecule has 1 saturated carbocycles. The van der Waals surface area contributed by atoms with Crippen molar-refractivity contribution in [2.45, 2.75) is 51.8 Å². The van der Waals surface area contributed by atoms with E-state index >= 15 is 0 Å². The summed E-state index contributed by atoms with van der Waals surface area (Å²) in [7, 11) is 0. The Balaban J connectivity index is 2.41. The van der Waals surface area contributed by atoms with Gasteiger partial charge in [-0.3, -0.25) is 0 Å². The van der Waals surface area contributed by atoms with Crippen molar-refractivity contribution < 1.29 is 0 Å². The second kappa shape index (κ2) is 5.41. The predicted molar refractivity (Wildman–Crippen MR) is 66.6 cm³/mol. The zero-order valence-electron chi connectivity index (χ0n) is 9.99. The summed E-state index contributed by atoms with van der Waals surface area (Å²) in [5, 5.41) is 0.702. The first-order valence-electron chi connectivity index (χ1n) is 5.88. The first-order valence-corrected chi connectivity index (χ1v) is 6.92. The Morgan fingerprint density at radius 2 is 1.93 bits per heavy atom. The molecule has 0 radical (unpaired) electrons. The van der Waals surface area contributed by atoms with Crippen molar-refractivity contribution >= 4 is 11.8 Å². The van der Waals surface area contributed by atoms with Gasteiger partial charge in [0.2, 0.25) is 0 Å². The van der Waals surface area contributed by atoms with E-state index in [0.29, 0.717) is 11.3 Å². The third-order valence-corrected chi connectivity index (χ3v) is 5.11. The van der Waals surface area contributed by atoms with Crippen molar-refractivity contribution in [3.05, 3.63) is 0 Å². The van der Waals surface area contributed by atoms with Gasteiger partial charge in [0.25, 0.3) is 0 Å². The quantitative estimate of drug-likeness (QED) is 0.783. The summed E-state index contributed by atoms with van der Waals surface area (Å²) in [6.45, 7) is 9.27. The van der Waals surface area contributed by atoms with Crippen molar-refractivity contribution in [2.75, 3.05) is 5.75 Å². The SMILES string of the molecule is CC(C)CSC1C(C)CC(C)CC1N. The molecule has 1 nitrogen and oxygen atoms in total. The lowest BCUT2D eigenvalue weighted by molar-refractivity contribution is 0.279. The van der Waals surface area contributed by atoms with Gasteiger partial charge in [-0.2, -0.15) is 11.8 Å². The lowest BCUT2D eigenvalue weighted by Gasteiger charge is -2.37. The lowest BCUT2D eigenvalue weighted by Crippen LogP contribution is -2.43. The molecule has 0 saturated heterocycles. The molecule has 0 aromatic carbocycles. The number of rotatable bonds is 3. The van der Waals surface area contributed by atoms with Crippen LogP contribution in [0.1, 0.15) is 40.5 Å². The first-order chi connectivity index (χ1) is 6.50. The fraction of sp³-hybridized carbons (Fsp3) is 1.00. The van der Waals surface area contributed by atoms with E-state index in [1.165, 1.54) is 18.6 Å². The monoisotopic (exact) mass is 215 g/mol. The Morgan fingerprint density at radius 3 is 2.43 bits per heavy atom. The molecule has 0 amide bonds. The Bertz CT molecular complexity index is 158. The molecular weight excluding hydrogens is 190 g/mol. The Morgan fingerprint density at radius 1 is 1.29 bits per heavy atom. The third-order valence-electron chi connectivity index (χ3n) is 3.05. The Kier molecular flexibility index (Phi) is 4.78. The normalized spacial score (nSPS) is 39.0. The highest BCUT2D eigenvalue weighted by Gasteiger charge is 2.31. The van der Waals surface area contributed by atoms with E-state index in [-0.39, 0.29) is 0 Å². The summed E-state index contributed by atoms with van der Waals surface area (Å²) >= 11 is 2.10. The van der Waals surface area contributed by atoms with E-state index in [2.05, 4.69) is 39.5 Å². The molecule has 2 heteroatoms. The Labute approximate surface area is 93.2 Å². The van der Waals surface area contributed by atoms with Crippen LogP contribution in [0.25, 0.3) is 0 Å². The van der Waals surface area contributed by atoms with Crippen LogP contribution in [0.3, 0.4) is 0 Å². The van der Waals surface area contributed by atoms with Gasteiger partial charge in [-0.15, -0.1) is 0 Å². The first kappa shape index (κ1) is 12.4. The van der Waals surface area contributed by atoms with Gasteiger partial charge in [-0.05, 0) is 36.3 Å². The van der Waals surface area contributed by atoms with Crippen LogP contribution in [0, 0.1) is 17.8 Å². The molecule has 14 heavy (non-hydrogen) atoms. The van der Waals surface area contributed by atoms with Crippen molar-refractivity contribution in [2.24, 2.45) is 23.5 Å². The summed E-state index contributed by atoms with van der Waals surface area (Å²) in [5.74, 6) is 3.68. The van der Waals surface area contributed by atoms with E-state index in [1.54, 1.807) is 0 Å². The van der Waals surface area contributed by atoms with Gasteiger partial charge in [0, 0.05) is 11.3 Å². The minimum Gasteiger partial charge on any atom is -0.327 e. The molecular formula is C12H25NS. The minimum atomic E-state index is 0.428. The maximum absolute atomic E-state index is 6.23. The van der Waals surface area contributed by atoms with Gasteiger partial charge in [-0.1, -0.05) is 27.7 Å². The van der Waals surface area contributed by atoms with Gasteiger partial charge >= 0.3 is 0 Å². The highest BCUT2D eigenvalue weighted by atomic mass is 32.2. The highest BCUT2D eigenvalue weighted by molar-refractivity contribution is 8.00. The van der Waals surface area contributed by atoms with Gasteiger partial charge in [0.1, 0.15) is 0 Å². The van der Waals surface area contributed by atoms with Crippen LogP contribution in [0.2, 0.25) is 0 Å². The largest absolute Gasteiger partial charge is 0.327 e. The molecule has 1 aliphatic rings. The molecule has 1 aliphatic carbocycles. The molecule has 0 aliphatic heterocycles. The van der Waals surface area contributed by atoms with Crippen LogP contribution >= 0.6 is 11.8 Å². The van der Waals surface area contributed by atoms with Gasteiger partial charge in [0.05, 0.1) is 0 Å². The lowest BCUT2D eigenvalue weighted by atomic mass is 9.80. The fourth-order valence-electron chi connectivity index (χ4n) is 2.48. The van der Waals surface area contributed by atoms with Crippen molar-refractivity contribution in [1.29, 1.82) is 0 Å². The van der Waals surface area contributed by atoms with E-state index in [4.69, 9.17) is 5.73 Å². The Hall–Kier alpha value is 0.310. The number of hydrogen-bond donors (Lipinski definition) is 1. The molecule has 0 heterocycles. The van der Waals surface area contributed by atoms with Crippen molar-refractivity contribution in [3.8, 4) is 0 Å². The van der Waals surface area contributed by atoms with E-state index in [0.717, 1.165) is 17.8 Å². The molecule has 84 valence electrons. The van der Waals surface area contributed by atoms with Gasteiger partial charge in [-0.25, -0.2) is 0 Å². The zero-order chi connectivity index (χ0) is 10.7. The van der Waals surface area contributed by atoms with E-state index in [1.807, 2.05) is 0 Å². The van der Waals surface area contributed by atoms with E-state index in [9.17, 15) is 0 Å². The van der Waals surface area contributed by atoms with Crippen LogP contribution in [-0.4, -0.2) is 17.0 Å². The average Bonchev–Trinajstić information content (AvgIpc) is 2.01. The number of hydrogen-bond acceptors (Lipinski definition) is 2. The molecule has 0 aromatic heterocycles. The zero-order valence-corrected chi connectivity index (χ0v) is 10.8. The van der Waals surface area contributed by atoms with E-state index < -0.39 is 0 Å². The molecule has 4 atom stereocenters. The molecule has 1 rings (SSSR count). The molecule has 4 unspecified atom stereocenters. The molecule has 0 bridgehead atoms. The predicted octanol–water partition coefficient (Wildman–Crippen LogP) is 3.14. The fourth-order valence-corrected chi connectivity index (χ4v) is 3.88. The molecule has 0 spiro atoms. The summed E-state index contributed by atoms with van der Waals surface area (Å²) in [6, 6.07) is 0.428. The van der Waals surface area contributed by atoms with Crippen LogP contribution < -0.4 is 5.73 Å². The second-order valence-corrected chi connectivity index (χ2v) is 6.62. The third kappa shape index (κ3) is 3.47. The summed E-state index contributed by atoms with van der Waals surface area (Å²) in [5.41, 5.74) is 6.23. The van der Waals surface area contributed by atoms with Crippen LogP contribution in [0.4, 0.5) is 0 Å². The molecule has 1 fully saturated rings. The number of thioether (sulfide) groups is 1.